The second-order valence-electron chi connectivity index (χ2n) is 7.97. The summed E-state index contributed by atoms with van der Waals surface area (Å²) < 4.78 is 14.4. The summed E-state index contributed by atoms with van der Waals surface area (Å²) in [6.45, 7) is 7.37. The van der Waals surface area contributed by atoms with Crippen molar-refractivity contribution < 1.29 is 9.50 Å². The minimum absolute atomic E-state index is 0.131. The summed E-state index contributed by atoms with van der Waals surface area (Å²) in [7, 11) is 0. The van der Waals surface area contributed by atoms with E-state index >= 15 is 0 Å². The van der Waals surface area contributed by atoms with Gasteiger partial charge >= 0.3 is 0 Å². The number of hydrogen-bond acceptors (Lipinski definition) is 4. The average Bonchev–Trinajstić information content (AvgIpc) is 3.22. The van der Waals surface area contributed by atoms with Gasteiger partial charge in [0, 0.05) is 55.9 Å². The highest BCUT2D eigenvalue weighted by atomic mass is 19.1. The average molecular weight is 400 g/mol. The number of allylic oxidation sites excluding steroid dienone is 3. The van der Waals surface area contributed by atoms with Crippen LogP contribution in [-0.4, -0.2) is 49.3 Å². The van der Waals surface area contributed by atoms with Gasteiger partial charge in [-0.3, -0.25) is 4.90 Å². The molecule has 0 amide bonds. The summed E-state index contributed by atoms with van der Waals surface area (Å²) in [6, 6.07) is 7.10. The molecule has 29 heavy (non-hydrogen) atoms. The van der Waals surface area contributed by atoms with Crippen LogP contribution < -0.4 is 10.6 Å². The predicted octanol–water partition coefficient (Wildman–Crippen LogP) is 4.03. The Bertz CT molecular complexity index is 744. The first-order valence-corrected chi connectivity index (χ1v) is 10.8. The van der Waals surface area contributed by atoms with E-state index in [1.54, 1.807) is 18.2 Å². The molecule has 1 aromatic carbocycles. The molecular weight excluding hydrogens is 365 g/mol. The molecule has 1 saturated heterocycles. The lowest BCUT2D eigenvalue weighted by Gasteiger charge is -2.31. The molecule has 2 fully saturated rings. The second-order valence-corrected chi connectivity index (χ2v) is 7.97. The molecule has 1 aliphatic heterocycles. The zero-order valence-corrected chi connectivity index (χ0v) is 17.5. The van der Waals surface area contributed by atoms with Crippen LogP contribution in [0.4, 0.5) is 4.39 Å². The Morgan fingerprint density at radius 2 is 1.97 bits per heavy atom. The zero-order valence-electron chi connectivity index (χ0n) is 17.5. The van der Waals surface area contributed by atoms with Gasteiger partial charge in [-0.15, -0.1) is 0 Å². The molecule has 0 bridgehead atoms. The fourth-order valence-electron chi connectivity index (χ4n) is 4.39. The molecule has 2 aliphatic rings. The van der Waals surface area contributed by atoms with Crippen LogP contribution in [-0.2, 0) is 5.54 Å². The second kappa shape index (κ2) is 10.7. The van der Waals surface area contributed by atoms with E-state index < -0.39 is 0 Å². The van der Waals surface area contributed by atoms with Gasteiger partial charge in [-0.2, -0.15) is 0 Å². The molecule has 1 aromatic rings. The monoisotopic (exact) mass is 399 g/mol. The van der Waals surface area contributed by atoms with Crippen molar-refractivity contribution in [1.29, 1.82) is 0 Å². The number of aliphatic hydroxyl groups excluding tert-OH is 1. The molecule has 0 unspecified atom stereocenters. The Hall–Kier alpha value is -1.95. The van der Waals surface area contributed by atoms with Crippen molar-refractivity contribution in [2.24, 2.45) is 0 Å². The highest BCUT2D eigenvalue weighted by molar-refractivity contribution is 5.30. The fraction of sp³-hybridized carbons (Fsp3) is 0.500. The highest BCUT2D eigenvalue weighted by Gasteiger charge is 2.36. The van der Waals surface area contributed by atoms with E-state index in [1.165, 1.54) is 0 Å². The third-order valence-corrected chi connectivity index (χ3v) is 6.08. The van der Waals surface area contributed by atoms with Gasteiger partial charge in [0.2, 0.25) is 0 Å². The van der Waals surface area contributed by atoms with Gasteiger partial charge in [0.15, 0.2) is 0 Å². The highest BCUT2D eigenvalue weighted by Crippen LogP contribution is 2.39. The van der Waals surface area contributed by atoms with E-state index in [0.717, 1.165) is 69.5 Å². The number of benzene rings is 1. The Balaban J connectivity index is 1.56. The van der Waals surface area contributed by atoms with Crippen LogP contribution >= 0.6 is 0 Å². The minimum Gasteiger partial charge on any atom is -0.508 e. The van der Waals surface area contributed by atoms with E-state index in [-0.39, 0.29) is 11.4 Å². The maximum Gasteiger partial charge on any atom is 0.128 e. The Morgan fingerprint density at radius 3 is 2.66 bits per heavy atom. The van der Waals surface area contributed by atoms with E-state index in [0.29, 0.717) is 12.3 Å². The quantitative estimate of drug-likeness (QED) is 0.456. The SMILES string of the molecule is C\C=C(CN1CCNCC1)/C(O)=C\C=C\CNC1(c2ccccc2F)CCCC1. The topological polar surface area (TPSA) is 47.5 Å². The number of nitrogens with zero attached hydrogens (tertiary/aromatic N) is 1. The molecule has 0 radical (unpaired) electrons. The molecule has 4 nitrogen and oxygen atoms in total. The number of piperazine rings is 1. The number of hydrogen-bond donors (Lipinski definition) is 3. The van der Waals surface area contributed by atoms with Crippen molar-refractivity contribution in [2.75, 3.05) is 39.3 Å². The van der Waals surface area contributed by atoms with E-state index in [4.69, 9.17) is 0 Å². The summed E-state index contributed by atoms with van der Waals surface area (Å²) in [4.78, 5) is 2.35. The third-order valence-electron chi connectivity index (χ3n) is 6.08. The Morgan fingerprint density at radius 1 is 1.24 bits per heavy atom. The molecule has 5 heteroatoms. The lowest BCUT2D eigenvalue weighted by molar-refractivity contribution is 0.254. The first-order valence-electron chi connectivity index (χ1n) is 10.8. The molecule has 1 saturated carbocycles. The molecule has 3 N–H and O–H groups in total. The maximum atomic E-state index is 14.4. The molecule has 1 heterocycles. The Labute approximate surface area is 174 Å². The van der Waals surface area contributed by atoms with Gasteiger partial charge in [0.25, 0.3) is 0 Å². The van der Waals surface area contributed by atoms with Crippen LogP contribution in [0.1, 0.15) is 38.2 Å². The third kappa shape index (κ3) is 5.78. The first-order chi connectivity index (χ1) is 14.1. The van der Waals surface area contributed by atoms with Crippen molar-refractivity contribution in [3.05, 3.63) is 71.3 Å². The van der Waals surface area contributed by atoms with Crippen LogP contribution in [0, 0.1) is 5.82 Å². The summed E-state index contributed by atoms with van der Waals surface area (Å²) in [5.74, 6) is 0.182. The number of aliphatic hydroxyl groups is 1. The standard InChI is InChI=1S/C24H34FN3O/c1-2-20(19-28-17-15-26-16-18-28)23(29)11-5-8-14-27-24(12-6-7-13-24)21-9-3-4-10-22(21)25/h2-5,8-11,26-27,29H,6-7,12-19H2,1H3/b8-5+,20-2-,23-11+. The predicted molar refractivity (Wildman–Crippen MR) is 117 cm³/mol. The molecule has 3 rings (SSSR count). The lowest BCUT2D eigenvalue weighted by atomic mass is 9.87. The van der Waals surface area contributed by atoms with Crippen molar-refractivity contribution in [3.8, 4) is 0 Å². The van der Waals surface area contributed by atoms with E-state index in [9.17, 15) is 9.50 Å². The van der Waals surface area contributed by atoms with Crippen molar-refractivity contribution in [1.82, 2.24) is 15.5 Å². The summed E-state index contributed by atoms with van der Waals surface area (Å²) >= 11 is 0. The zero-order chi connectivity index (χ0) is 20.5. The molecular formula is C24H34FN3O. The van der Waals surface area contributed by atoms with Gasteiger partial charge in [-0.05, 0) is 31.9 Å². The van der Waals surface area contributed by atoms with Crippen LogP contribution in [0.15, 0.2) is 59.9 Å². The molecule has 1 aliphatic carbocycles. The van der Waals surface area contributed by atoms with Crippen LogP contribution in [0.2, 0.25) is 0 Å². The van der Waals surface area contributed by atoms with Gasteiger partial charge in [0.1, 0.15) is 11.6 Å². The van der Waals surface area contributed by atoms with Crippen molar-refractivity contribution in [3.63, 3.8) is 0 Å². The lowest BCUT2D eigenvalue weighted by Crippen LogP contribution is -2.44. The van der Waals surface area contributed by atoms with Crippen LogP contribution in [0.3, 0.4) is 0 Å². The van der Waals surface area contributed by atoms with Gasteiger partial charge < -0.3 is 15.7 Å². The molecule has 0 aromatic heterocycles. The van der Waals surface area contributed by atoms with E-state index in [2.05, 4.69) is 15.5 Å². The van der Waals surface area contributed by atoms with Crippen molar-refractivity contribution in [2.45, 2.75) is 38.1 Å². The normalized spacial score (nSPS) is 21.2. The maximum absolute atomic E-state index is 14.4. The van der Waals surface area contributed by atoms with Crippen LogP contribution in [0.25, 0.3) is 0 Å². The minimum atomic E-state index is -0.280. The molecule has 158 valence electrons. The molecule has 0 atom stereocenters. The molecule has 0 spiro atoms. The van der Waals surface area contributed by atoms with E-state index in [1.807, 2.05) is 37.3 Å². The number of halogens is 1. The summed E-state index contributed by atoms with van der Waals surface area (Å²) in [5, 5.41) is 17.4. The van der Waals surface area contributed by atoms with Gasteiger partial charge in [0.05, 0.1) is 0 Å². The first kappa shape index (κ1) is 21.8. The largest absolute Gasteiger partial charge is 0.508 e. The number of rotatable bonds is 8. The Kier molecular flexibility index (Phi) is 8.04. The number of nitrogens with one attached hydrogen (secondary N) is 2. The van der Waals surface area contributed by atoms with Gasteiger partial charge in [-0.1, -0.05) is 49.3 Å². The van der Waals surface area contributed by atoms with Crippen molar-refractivity contribution >= 4 is 0 Å². The smallest absolute Gasteiger partial charge is 0.128 e. The van der Waals surface area contributed by atoms with Crippen LogP contribution in [0.5, 0.6) is 0 Å². The van der Waals surface area contributed by atoms with Gasteiger partial charge in [-0.25, -0.2) is 4.39 Å². The summed E-state index contributed by atoms with van der Waals surface area (Å²) in [6.07, 6.45) is 11.7. The fourth-order valence-corrected chi connectivity index (χ4v) is 4.39. The summed E-state index contributed by atoms with van der Waals surface area (Å²) in [5.41, 5.74) is 1.44.